The fourth-order valence-electron chi connectivity index (χ4n) is 11.7. The van der Waals surface area contributed by atoms with Crippen LogP contribution in [-0.2, 0) is 5.66 Å². The minimum absolute atomic E-state index is 0.0800. The molecule has 1 spiro atoms. The quantitative estimate of drug-likeness (QED) is 0.199. The molecule has 244 valence electrons. The first-order valence-corrected chi connectivity index (χ1v) is 18.9. The summed E-state index contributed by atoms with van der Waals surface area (Å²) in [5.41, 5.74) is 14.6. The summed E-state index contributed by atoms with van der Waals surface area (Å²) < 4.78 is 17.5. The Morgan fingerprint density at radius 3 is 1.33 bits per heavy atom. The largest absolute Gasteiger partial charge is 0.456 e. The monoisotopic (exact) mass is 684 g/mol. The predicted octanol–water partition coefficient (Wildman–Crippen LogP) is 4.15. The number of nitrogens with zero attached hydrogens (tertiary/aromatic N) is 4. The number of benzene rings is 6. The molecule has 5 aliphatic heterocycles. The maximum atomic E-state index is 7.15. The van der Waals surface area contributed by atoms with Gasteiger partial charge in [-0.05, 0) is 59.5 Å². The lowest BCUT2D eigenvalue weighted by molar-refractivity contribution is -0.967. The Labute approximate surface area is 309 Å². The zero-order valence-corrected chi connectivity index (χ0v) is 28.9. The second kappa shape index (κ2) is 8.67. The third kappa shape index (κ3) is 2.62. The third-order valence-corrected chi connectivity index (χ3v) is 13.4. The summed E-state index contributed by atoms with van der Waals surface area (Å²) in [4.78, 5) is 0. The van der Waals surface area contributed by atoms with E-state index in [1.54, 1.807) is 0 Å². The molecule has 4 aromatic heterocycles. The molecule has 0 bridgehead atoms. The van der Waals surface area contributed by atoms with Crippen molar-refractivity contribution in [1.82, 2.24) is 9.13 Å². The van der Waals surface area contributed by atoms with Gasteiger partial charge < -0.3 is 4.74 Å². The lowest BCUT2D eigenvalue weighted by Crippen LogP contribution is -2.81. The van der Waals surface area contributed by atoms with Crippen molar-refractivity contribution in [2.75, 3.05) is 0 Å². The molecule has 0 saturated carbocycles. The number of fused-ring (bicyclic) bond motifs is 2. The molecule has 5 nitrogen and oxygen atoms in total. The predicted molar refractivity (Wildman–Crippen MR) is 216 cm³/mol. The Kier molecular flexibility index (Phi) is 4.31. The van der Waals surface area contributed by atoms with Crippen LogP contribution in [0.25, 0.3) is 55.2 Å². The molecule has 6 aromatic carbocycles. The van der Waals surface area contributed by atoms with Crippen LogP contribution in [0.2, 0.25) is 0 Å². The molecule has 9 heterocycles. The van der Waals surface area contributed by atoms with Crippen molar-refractivity contribution >= 4 is 89.8 Å². The minimum Gasteiger partial charge on any atom is -0.456 e. The summed E-state index contributed by atoms with van der Waals surface area (Å²) >= 11 is 0. The fraction of sp³-hybridized carbons (Fsp3) is 0.0213. The van der Waals surface area contributed by atoms with E-state index in [9.17, 15) is 0 Å². The number of aromatic nitrogens is 4. The van der Waals surface area contributed by atoms with Crippen molar-refractivity contribution in [1.29, 1.82) is 0 Å². The molecule has 15 rings (SSSR count). The Morgan fingerprint density at radius 2 is 0.852 bits per heavy atom. The molecular formula is C47H26B2N4O+2. The zero-order valence-electron chi connectivity index (χ0n) is 28.9. The summed E-state index contributed by atoms with van der Waals surface area (Å²) in [7, 11) is 0. The molecule has 0 radical (unpaired) electrons. The van der Waals surface area contributed by atoms with Gasteiger partial charge in [0, 0.05) is 32.5 Å². The summed E-state index contributed by atoms with van der Waals surface area (Å²) in [6.07, 6.45) is 4.68. The average molecular weight is 684 g/mol. The van der Waals surface area contributed by atoms with Crippen molar-refractivity contribution in [3.05, 3.63) is 169 Å². The SMILES string of the molecule is c1ccc(B2c3ccc[n+]4c3-n3c5c2cccc5c2ccc5c(c23)C42c3c(ccc4c6cccc7c6n(c34)-c3c(ccc[n+]32)B7c2ccccc2)O5)cc1. The van der Waals surface area contributed by atoms with E-state index in [4.69, 9.17) is 4.74 Å². The topological polar surface area (TPSA) is 26.8 Å². The smallest absolute Gasteiger partial charge is 0.321 e. The van der Waals surface area contributed by atoms with E-state index >= 15 is 0 Å². The van der Waals surface area contributed by atoms with Crippen LogP contribution in [-0.4, -0.2) is 22.6 Å². The standard InChI is InChI=1S/C47H26B2N4O/c1-3-11-27(12-4-1)48-33-17-7-15-29-31-21-23-37-39-43(31)52(41(29)33)45-35(48)19-9-25-50(45)47(39)40-38(54-37)24-22-32-30-16-8-18-34-42(30)53(44(32)40)46-36(20-10-26-51(46)47)49(34)28-13-5-2-6-14-28/h1-26H/q+2. The number of hydrogen-bond donors (Lipinski definition) is 0. The first kappa shape index (κ1) is 26.9. The van der Waals surface area contributed by atoms with Crippen LogP contribution in [0.3, 0.4) is 0 Å². The molecule has 0 N–H and O–H groups in total. The molecule has 0 aliphatic carbocycles. The second-order valence-electron chi connectivity index (χ2n) is 15.6. The van der Waals surface area contributed by atoms with Gasteiger partial charge in [-0.1, -0.05) is 108 Å². The van der Waals surface area contributed by atoms with Crippen molar-refractivity contribution in [3.8, 4) is 23.1 Å². The van der Waals surface area contributed by atoms with Crippen molar-refractivity contribution in [2.45, 2.75) is 5.66 Å². The van der Waals surface area contributed by atoms with Gasteiger partial charge in [-0.3, -0.25) is 0 Å². The van der Waals surface area contributed by atoms with Gasteiger partial charge in [0.15, 0.2) is 11.0 Å². The molecule has 0 fully saturated rings. The summed E-state index contributed by atoms with van der Waals surface area (Å²) in [6.45, 7) is 0.160. The first-order valence-electron chi connectivity index (χ1n) is 18.9. The van der Waals surface area contributed by atoms with Crippen LogP contribution in [0.1, 0.15) is 11.1 Å². The number of para-hydroxylation sites is 2. The van der Waals surface area contributed by atoms with Crippen LogP contribution in [0.5, 0.6) is 11.5 Å². The highest BCUT2D eigenvalue weighted by Crippen LogP contribution is 2.56. The number of hydrogen-bond acceptors (Lipinski definition) is 1. The Balaban J connectivity index is 1.23. The van der Waals surface area contributed by atoms with E-state index < -0.39 is 5.66 Å². The maximum absolute atomic E-state index is 7.15. The Morgan fingerprint density at radius 1 is 0.407 bits per heavy atom. The normalized spacial score (nSPS) is 15.3. The summed E-state index contributed by atoms with van der Waals surface area (Å²) in [5.74, 6) is 4.28. The van der Waals surface area contributed by atoms with E-state index in [-0.39, 0.29) is 13.4 Å². The minimum atomic E-state index is -0.773. The molecule has 10 aromatic rings. The van der Waals surface area contributed by atoms with Gasteiger partial charge in [0.05, 0.1) is 12.4 Å². The highest BCUT2D eigenvalue weighted by atomic mass is 16.5. The van der Waals surface area contributed by atoms with Gasteiger partial charge in [0.2, 0.25) is 0 Å². The third-order valence-electron chi connectivity index (χ3n) is 13.4. The molecule has 0 unspecified atom stereocenters. The lowest BCUT2D eigenvalue weighted by atomic mass is 9.35. The number of ether oxygens (including phenoxy) is 1. The average Bonchev–Trinajstić information content (AvgIpc) is 3.76. The van der Waals surface area contributed by atoms with Crippen molar-refractivity contribution < 1.29 is 13.9 Å². The molecule has 0 saturated heterocycles. The van der Waals surface area contributed by atoms with E-state index in [1.165, 1.54) is 99.2 Å². The van der Waals surface area contributed by atoms with Crippen LogP contribution in [0, 0.1) is 0 Å². The van der Waals surface area contributed by atoms with Crippen LogP contribution >= 0.6 is 0 Å². The van der Waals surface area contributed by atoms with Gasteiger partial charge in [-0.25, -0.2) is 0 Å². The van der Waals surface area contributed by atoms with E-state index in [2.05, 4.69) is 176 Å². The van der Waals surface area contributed by atoms with Gasteiger partial charge in [0.1, 0.15) is 33.7 Å². The van der Waals surface area contributed by atoms with Gasteiger partial charge in [0.25, 0.3) is 25.1 Å². The first-order chi connectivity index (χ1) is 26.8. The fourth-order valence-corrected chi connectivity index (χ4v) is 11.7. The highest BCUT2D eigenvalue weighted by Gasteiger charge is 2.66. The molecule has 7 heteroatoms. The Hall–Kier alpha value is -6.85. The van der Waals surface area contributed by atoms with Crippen LogP contribution in [0.4, 0.5) is 0 Å². The highest BCUT2D eigenvalue weighted by molar-refractivity contribution is 6.98. The molecule has 54 heavy (non-hydrogen) atoms. The second-order valence-corrected chi connectivity index (χ2v) is 15.6. The van der Waals surface area contributed by atoms with Crippen LogP contribution < -0.4 is 46.6 Å². The molecular weight excluding hydrogens is 658 g/mol. The van der Waals surface area contributed by atoms with Crippen molar-refractivity contribution in [3.63, 3.8) is 0 Å². The molecule has 0 atom stereocenters. The zero-order chi connectivity index (χ0) is 34.6. The number of rotatable bonds is 2. The number of pyridine rings is 2. The van der Waals surface area contributed by atoms with Gasteiger partial charge in [-0.15, -0.1) is 0 Å². The summed E-state index contributed by atoms with van der Waals surface area (Å²) in [5, 5.41) is 5.10. The maximum Gasteiger partial charge on any atom is 0.321 e. The van der Waals surface area contributed by atoms with E-state index in [1.807, 2.05) is 0 Å². The lowest BCUT2D eigenvalue weighted by Gasteiger charge is -2.42. The molecule has 0 amide bonds. The van der Waals surface area contributed by atoms with Gasteiger partial charge in [-0.2, -0.15) is 18.3 Å². The van der Waals surface area contributed by atoms with E-state index in [0.29, 0.717) is 0 Å². The van der Waals surface area contributed by atoms with Crippen molar-refractivity contribution in [2.24, 2.45) is 0 Å². The van der Waals surface area contributed by atoms with Crippen LogP contribution in [0.15, 0.2) is 158 Å². The van der Waals surface area contributed by atoms with Gasteiger partial charge >= 0.3 is 5.66 Å². The Bertz CT molecular complexity index is 3210. The van der Waals surface area contributed by atoms with E-state index in [0.717, 1.165) is 11.5 Å². The summed E-state index contributed by atoms with van der Waals surface area (Å²) in [6, 6.07) is 54.4. The molecule has 5 aliphatic rings.